The van der Waals surface area contributed by atoms with Crippen LogP contribution in [-0.4, -0.2) is 54.6 Å². The lowest BCUT2D eigenvalue weighted by molar-refractivity contribution is -0.0588. The Kier molecular flexibility index (Phi) is 6.64. The number of nitrogens with zero attached hydrogens (tertiary/aromatic N) is 1. The standard InChI is InChI=1S/C20H30FNO2/c21-11-4-14-24-18-7-8-20(23)19(15-18)22-12-9-17(10-13-22)16-5-2-1-3-6-16/h1-3,5-6,17-20,23H,4,7-15H2/t18-,19-,20-/m1/s1. The fraction of sp³-hybridized carbons (Fsp3) is 0.700. The second-order valence-corrected chi connectivity index (χ2v) is 7.20. The Morgan fingerprint density at radius 3 is 2.54 bits per heavy atom. The number of likely N-dealkylation sites (tertiary alicyclic amines) is 1. The first kappa shape index (κ1) is 17.8. The summed E-state index contributed by atoms with van der Waals surface area (Å²) >= 11 is 0. The van der Waals surface area contributed by atoms with Gasteiger partial charge in [0.25, 0.3) is 0 Å². The summed E-state index contributed by atoms with van der Waals surface area (Å²) in [6.07, 6.45) is 5.28. The first-order chi connectivity index (χ1) is 11.8. The third-order valence-electron chi connectivity index (χ3n) is 5.63. The van der Waals surface area contributed by atoms with Crippen molar-refractivity contribution in [2.75, 3.05) is 26.4 Å². The molecule has 0 spiro atoms. The van der Waals surface area contributed by atoms with E-state index in [0.29, 0.717) is 18.9 Å². The molecule has 0 radical (unpaired) electrons. The fourth-order valence-electron chi connectivity index (χ4n) is 4.23. The van der Waals surface area contributed by atoms with Crippen molar-refractivity contribution in [2.24, 2.45) is 0 Å². The van der Waals surface area contributed by atoms with Crippen LogP contribution in [0.25, 0.3) is 0 Å². The molecule has 3 rings (SSSR count). The molecule has 0 unspecified atom stereocenters. The average Bonchev–Trinajstić information content (AvgIpc) is 2.64. The highest BCUT2D eigenvalue weighted by Crippen LogP contribution is 2.32. The second kappa shape index (κ2) is 8.93. The van der Waals surface area contributed by atoms with E-state index in [9.17, 15) is 9.50 Å². The molecular weight excluding hydrogens is 305 g/mol. The molecule has 1 heterocycles. The highest BCUT2D eigenvalue weighted by molar-refractivity contribution is 5.20. The Labute approximate surface area is 144 Å². The van der Waals surface area contributed by atoms with Gasteiger partial charge in [-0.25, -0.2) is 0 Å². The van der Waals surface area contributed by atoms with Crippen molar-refractivity contribution < 1.29 is 14.2 Å². The highest BCUT2D eigenvalue weighted by atomic mass is 19.1. The summed E-state index contributed by atoms with van der Waals surface area (Å²) in [5.74, 6) is 0.639. The maximum atomic E-state index is 12.2. The van der Waals surface area contributed by atoms with Gasteiger partial charge in [0.15, 0.2) is 0 Å². The minimum absolute atomic E-state index is 0.178. The minimum atomic E-state index is -0.314. The predicted molar refractivity (Wildman–Crippen MR) is 94.0 cm³/mol. The van der Waals surface area contributed by atoms with Gasteiger partial charge in [-0.1, -0.05) is 30.3 Å². The van der Waals surface area contributed by atoms with Crippen LogP contribution in [0.4, 0.5) is 4.39 Å². The van der Waals surface area contributed by atoms with Gasteiger partial charge in [-0.05, 0) is 63.1 Å². The predicted octanol–water partition coefficient (Wildman–Crippen LogP) is 3.52. The van der Waals surface area contributed by atoms with Gasteiger partial charge in [0.05, 0.1) is 18.9 Å². The third kappa shape index (κ3) is 4.56. The van der Waals surface area contributed by atoms with E-state index >= 15 is 0 Å². The fourth-order valence-corrected chi connectivity index (χ4v) is 4.23. The quantitative estimate of drug-likeness (QED) is 0.808. The smallest absolute Gasteiger partial charge is 0.0916 e. The summed E-state index contributed by atoms with van der Waals surface area (Å²) in [6, 6.07) is 11.0. The molecule has 1 aromatic rings. The molecule has 1 N–H and O–H groups in total. The molecule has 0 amide bonds. The normalized spacial score (nSPS) is 29.7. The van der Waals surface area contributed by atoms with E-state index in [2.05, 4.69) is 35.2 Å². The van der Waals surface area contributed by atoms with Crippen LogP contribution in [0.2, 0.25) is 0 Å². The number of halogens is 1. The molecule has 0 aromatic heterocycles. The Bertz CT molecular complexity index is 476. The molecule has 0 bridgehead atoms. The van der Waals surface area contributed by atoms with Crippen molar-refractivity contribution in [3.8, 4) is 0 Å². The molecule has 2 fully saturated rings. The van der Waals surface area contributed by atoms with Crippen molar-refractivity contribution in [3.63, 3.8) is 0 Å². The number of rotatable bonds is 6. The van der Waals surface area contributed by atoms with Crippen LogP contribution in [0.3, 0.4) is 0 Å². The second-order valence-electron chi connectivity index (χ2n) is 7.20. The molecule has 1 aromatic carbocycles. The van der Waals surface area contributed by atoms with Crippen LogP contribution < -0.4 is 0 Å². The van der Waals surface area contributed by atoms with Crippen LogP contribution in [0.5, 0.6) is 0 Å². The monoisotopic (exact) mass is 335 g/mol. The molecule has 134 valence electrons. The van der Waals surface area contributed by atoms with Gasteiger partial charge in [0.1, 0.15) is 0 Å². The third-order valence-corrected chi connectivity index (χ3v) is 5.63. The molecule has 2 aliphatic rings. The summed E-state index contributed by atoms with van der Waals surface area (Å²) < 4.78 is 18.0. The molecule has 3 atom stereocenters. The number of piperidine rings is 1. The Balaban J connectivity index is 1.50. The molecule has 1 aliphatic carbocycles. The van der Waals surface area contributed by atoms with Crippen LogP contribution in [-0.2, 0) is 4.74 Å². The Hall–Kier alpha value is -0.970. The van der Waals surface area contributed by atoms with Crippen LogP contribution in [0.1, 0.15) is 50.0 Å². The zero-order chi connectivity index (χ0) is 16.8. The Morgan fingerprint density at radius 1 is 1.08 bits per heavy atom. The highest BCUT2D eigenvalue weighted by Gasteiger charge is 2.35. The zero-order valence-electron chi connectivity index (χ0n) is 14.4. The van der Waals surface area contributed by atoms with Crippen molar-refractivity contribution in [1.29, 1.82) is 0 Å². The average molecular weight is 335 g/mol. The van der Waals surface area contributed by atoms with E-state index in [1.807, 2.05) is 0 Å². The van der Waals surface area contributed by atoms with Crippen molar-refractivity contribution in [3.05, 3.63) is 35.9 Å². The van der Waals surface area contributed by atoms with Gasteiger partial charge in [0.2, 0.25) is 0 Å². The Morgan fingerprint density at radius 2 is 1.83 bits per heavy atom. The minimum Gasteiger partial charge on any atom is -0.391 e. The zero-order valence-corrected chi connectivity index (χ0v) is 14.4. The van der Waals surface area contributed by atoms with Gasteiger partial charge in [0, 0.05) is 12.6 Å². The topological polar surface area (TPSA) is 32.7 Å². The maximum Gasteiger partial charge on any atom is 0.0916 e. The largest absolute Gasteiger partial charge is 0.391 e. The van der Waals surface area contributed by atoms with E-state index < -0.39 is 0 Å². The maximum absolute atomic E-state index is 12.2. The first-order valence-electron chi connectivity index (χ1n) is 9.42. The molecule has 1 aliphatic heterocycles. The van der Waals surface area contributed by atoms with Crippen LogP contribution in [0.15, 0.2) is 30.3 Å². The number of hydrogen-bond donors (Lipinski definition) is 1. The summed E-state index contributed by atoms with van der Waals surface area (Å²) in [5, 5.41) is 10.4. The molecule has 1 saturated heterocycles. The number of hydrogen-bond acceptors (Lipinski definition) is 3. The van der Waals surface area contributed by atoms with Gasteiger partial charge in [-0.3, -0.25) is 9.29 Å². The molecule has 4 heteroatoms. The number of ether oxygens (including phenoxy) is 1. The SMILES string of the molecule is O[C@@H]1CC[C@@H](OCCCF)C[C@H]1N1CCC(c2ccccc2)CC1. The summed E-state index contributed by atoms with van der Waals surface area (Å²) in [7, 11) is 0. The van der Waals surface area contributed by atoms with Crippen molar-refractivity contribution in [2.45, 2.75) is 62.7 Å². The molecule has 24 heavy (non-hydrogen) atoms. The van der Waals surface area contributed by atoms with Crippen LogP contribution >= 0.6 is 0 Å². The molecule has 1 saturated carbocycles. The lowest BCUT2D eigenvalue weighted by Crippen LogP contribution is -2.51. The van der Waals surface area contributed by atoms with Gasteiger partial charge < -0.3 is 9.84 Å². The number of alkyl halides is 1. The van der Waals surface area contributed by atoms with Gasteiger partial charge >= 0.3 is 0 Å². The summed E-state index contributed by atoms with van der Waals surface area (Å²) in [5.41, 5.74) is 1.44. The van der Waals surface area contributed by atoms with E-state index in [0.717, 1.165) is 45.2 Å². The van der Waals surface area contributed by atoms with E-state index in [4.69, 9.17) is 4.74 Å². The van der Waals surface area contributed by atoms with Crippen LogP contribution in [0, 0.1) is 0 Å². The summed E-state index contributed by atoms with van der Waals surface area (Å²) in [6.45, 7) is 2.27. The first-order valence-corrected chi connectivity index (χ1v) is 9.42. The number of aliphatic hydroxyl groups excluding tert-OH is 1. The van der Waals surface area contributed by atoms with E-state index in [1.54, 1.807) is 0 Å². The number of benzene rings is 1. The lowest BCUT2D eigenvalue weighted by Gasteiger charge is -2.43. The lowest BCUT2D eigenvalue weighted by atomic mass is 9.85. The summed E-state index contributed by atoms with van der Waals surface area (Å²) in [4.78, 5) is 2.45. The van der Waals surface area contributed by atoms with Gasteiger partial charge in [-0.15, -0.1) is 0 Å². The van der Waals surface area contributed by atoms with E-state index in [-0.39, 0.29) is 24.9 Å². The molecule has 3 nitrogen and oxygen atoms in total. The van der Waals surface area contributed by atoms with Gasteiger partial charge in [-0.2, -0.15) is 0 Å². The van der Waals surface area contributed by atoms with Crippen molar-refractivity contribution in [1.82, 2.24) is 4.90 Å². The van der Waals surface area contributed by atoms with E-state index in [1.165, 1.54) is 5.56 Å². The molecular formula is C20H30FNO2. The number of aliphatic hydroxyl groups is 1. The van der Waals surface area contributed by atoms with Crippen molar-refractivity contribution >= 4 is 0 Å².